The molecule has 1 N–H and O–H groups in total. The van der Waals surface area contributed by atoms with Crippen LogP contribution in [0.5, 0.6) is 0 Å². The van der Waals surface area contributed by atoms with Gasteiger partial charge in [-0.05, 0) is 35.0 Å². The smallest absolute Gasteiger partial charge is 0.343 e. The molecule has 0 aliphatic heterocycles. The molecule has 0 fully saturated rings. The highest BCUT2D eigenvalue weighted by molar-refractivity contribution is 6.33. The zero-order valence-electron chi connectivity index (χ0n) is 13.0. The second-order valence-electron chi connectivity index (χ2n) is 5.28. The summed E-state index contributed by atoms with van der Waals surface area (Å²) in [4.78, 5) is 23.8. The van der Waals surface area contributed by atoms with E-state index < -0.39 is 24.3 Å². The maximum absolute atomic E-state index is 13.6. The predicted molar refractivity (Wildman–Crippen MR) is 94.3 cm³/mol. The Kier molecular flexibility index (Phi) is 4.95. The Balaban J connectivity index is 1.63. The number of rotatable bonds is 4. The van der Waals surface area contributed by atoms with Gasteiger partial charge in [-0.3, -0.25) is 4.79 Å². The molecule has 126 valence electrons. The minimum absolute atomic E-state index is 0.0695. The van der Waals surface area contributed by atoms with Crippen LogP contribution in [0.15, 0.2) is 60.7 Å². The third kappa shape index (κ3) is 3.95. The Bertz CT molecular complexity index is 938. The number of fused-ring (bicyclic) bond motifs is 1. The molecule has 3 rings (SSSR count). The number of anilines is 1. The van der Waals surface area contributed by atoms with Gasteiger partial charge in [-0.2, -0.15) is 0 Å². The summed E-state index contributed by atoms with van der Waals surface area (Å²) in [6.45, 7) is -0.545. The molecule has 3 aromatic rings. The van der Waals surface area contributed by atoms with Gasteiger partial charge in [-0.15, -0.1) is 0 Å². The van der Waals surface area contributed by atoms with Crippen molar-refractivity contribution in [1.82, 2.24) is 0 Å². The highest BCUT2D eigenvalue weighted by Gasteiger charge is 2.18. The van der Waals surface area contributed by atoms with Gasteiger partial charge in [0.15, 0.2) is 6.61 Å². The van der Waals surface area contributed by atoms with E-state index in [9.17, 15) is 14.0 Å². The largest absolute Gasteiger partial charge is 0.452 e. The predicted octanol–water partition coefficient (Wildman–Crippen LogP) is 4.43. The monoisotopic (exact) mass is 357 g/mol. The summed E-state index contributed by atoms with van der Waals surface area (Å²) in [7, 11) is 0. The number of hydrogen-bond donors (Lipinski definition) is 1. The molecule has 0 saturated carbocycles. The quantitative estimate of drug-likeness (QED) is 0.703. The van der Waals surface area contributed by atoms with E-state index in [1.807, 2.05) is 36.4 Å². The van der Waals surface area contributed by atoms with Crippen molar-refractivity contribution in [2.45, 2.75) is 0 Å². The minimum atomic E-state index is -0.989. The molecule has 0 saturated heterocycles. The molecule has 3 aromatic carbocycles. The van der Waals surface area contributed by atoms with Gasteiger partial charge in [0.1, 0.15) is 11.4 Å². The van der Waals surface area contributed by atoms with Gasteiger partial charge in [-0.1, -0.05) is 48.0 Å². The van der Waals surface area contributed by atoms with E-state index in [0.717, 1.165) is 16.8 Å². The molecule has 1 amide bonds. The van der Waals surface area contributed by atoms with E-state index in [1.54, 1.807) is 6.07 Å². The van der Waals surface area contributed by atoms with E-state index in [-0.39, 0.29) is 10.6 Å². The summed E-state index contributed by atoms with van der Waals surface area (Å²) in [6, 6.07) is 17.0. The molecule has 0 radical (unpaired) electrons. The van der Waals surface area contributed by atoms with E-state index in [0.29, 0.717) is 5.69 Å². The van der Waals surface area contributed by atoms with Crippen molar-refractivity contribution in [2.24, 2.45) is 0 Å². The minimum Gasteiger partial charge on any atom is -0.452 e. The van der Waals surface area contributed by atoms with Crippen LogP contribution in [-0.4, -0.2) is 18.5 Å². The Morgan fingerprint density at radius 3 is 2.52 bits per heavy atom. The second-order valence-corrected chi connectivity index (χ2v) is 5.69. The molecule has 0 unspecified atom stereocenters. The third-order valence-corrected chi connectivity index (χ3v) is 3.85. The van der Waals surface area contributed by atoms with Crippen molar-refractivity contribution in [3.8, 4) is 0 Å². The van der Waals surface area contributed by atoms with Crippen LogP contribution in [0.3, 0.4) is 0 Å². The zero-order valence-corrected chi connectivity index (χ0v) is 13.7. The highest BCUT2D eigenvalue weighted by atomic mass is 35.5. The standard InChI is InChI=1S/C19H13ClFNO3/c20-15-6-3-7-16(21)18(15)19(24)25-11-17(23)22-14-9-8-12-4-1-2-5-13(12)10-14/h1-10H,11H2,(H,22,23). The molecule has 0 aliphatic rings. The Morgan fingerprint density at radius 1 is 1.00 bits per heavy atom. The van der Waals surface area contributed by atoms with Crippen LogP contribution in [0.2, 0.25) is 5.02 Å². The number of ether oxygens (including phenoxy) is 1. The Labute approximate surface area is 148 Å². The molecule has 0 bridgehead atoms. The molecule has 6 heteroatoms. The van der Waals surface area contributed by atoms with Crippen molar-refractivity contribution in [3.05, 3.63) is 77.1 Å². The summed E-state index contributed by atoms with van der Waals surface area (Å²) in [6.07, 6.45) is 0. The summed E-state index contributed by atoms with van der Waals surface area (Å²) in [5.74, 6) is -2.32. The van der Waals surface area contributed by atoms with Gasteiger partial charge >= 0.3 is 5.97 Å². The first-order valence-corrected chi connectivity index (χ1v) is 7.82. The lowest BCUT2D eigenvalue weighted by atomic mass is 10.1. The van der Waals surface area contributed by atoms with Gasteiger partial charge in [0, 0.05) is 5.69 Å². The molecule has 25 heavy (non-hydrogen) atoms. The normalized spacial score (nSPS) is 10.5. The summed E-state index contributed by atoms with van der Waals surface area (Å²) in [5, 5.41) is 4.57. The van der Waals surface area contributed by atoms with Gasteiger partial charge in [-0.25, -0.2) is 9.18 Å². The van der Waals surface area contributed by atoms with Gasteiger partial charge in [0.25, 0.3) is 5.91 Å². The number of carbonyl (C=O) groups is 2. The summed E-state index contributed by atoms with van der Waals surface area (Å²) in [5.41, 5.74) is 0.186. The highest BCUT2D eigenvalue weighted by Crippen LogP contribution is 2.20. The van der Waals surface area contributed by atoms with Crippen molar-refractivity contribution >= 4 is 39.9 Å². The van der Waals surface area contributed by atoms with Crippen LogP contribution in [0.4, 0.5) is 10.1 Å². The van der Waals surface area contributed by atoms with Gasteiger partial charge in [0.2, 0.25) is 0 Å². The zero-order chi connectivity index (χ0) is 17.8. The fourth-order valence-corrected chi connectivity index (χ4v) is 2.60. The number of hydrogen-bond acceptors (Lipinski definition) is 3. The van der Waals surface area contributed by atoms with E-state index >= 15 is 0 Å². The van der Waals surface area contributed by atoms with Crippen LogP contribution in [-0.2, 0) is 9.53 Å². The van der Waals surface area contributed by atoms with Gasteiger partial charge in [0.05, 0.1) is 5.02 Å². The first-order valence-electron chi connectivity index (χ1n) is 7.44. The molecule has 0 aromatic heterocycles. The number of halogens is 2. The maximum Gasteiger partial charge on any atom is 0.343 e. The lowest BCUT2D eigenvalue weighted by Gasteiger charge is -2.09. The fraction of sp³-hybridized carbons (Fsp3) is 0.0526. The molecule has 0 heterocycles. The third-order valence-electron chi connectivity index (χ3n) is 3.53. The number of nitrogens with one attached hydrogen (secondary N) is 1. The van der Waals surface area contributed by atoms with Crippen LogP contribution in [0, 0.1) is 5.82 Å². The van der Waals surface area contributed by atoms with Crippen molar-refractivity contribution in [3.63, 3.8) is 0 Å². The van der Waals surface area contributed by atoms with Gasteiger partial charge < -0.3 is 10.1 Å². The lowest BCUT2D eigenvalue weighted by molar-refractivity contribution is -0.119. The first kappa shape index (κ1) is 16.9. The molecule has 0 spiro atoms. The van der Waals surface area contributed by atoms with Crippen molar-refractivity contribution in [2.75, 3.05) is 11.9 Å². The van der Waals surface area contributed by atoms with Crippen LogP contribution in [0.25, 0.3) is 10.8 Å². The van der Waals surface area contributed by atoms with Crippen molar-refractivity contribution < 1.29 is 18.7 Å². The Hall–Kier alpha value is -2.92. The van der Waals surface area contributed by atoms with Crippen LogP contribution >= 0.6 is 11.6 Å². The number of benzene rings is 3. The van der Waals surface area contributed by atoms with Crippen molar-refractivity contribution in [1.29, 1.82) is 0 Å². The number of esters is 1. The van der Waals surface area contributed by atoms with Crippen LogP contribution < -0.4 is 5.32 Å². The first-order chi connectivity index (χ1) is 12.0. The number of carbonyl (C=O) groups excluding carboxylic acids is 2. The average molecular weight is 358 g/mol. The number of amides is 1. The average Bonchev–Trinajstić information content (AvgIpc) is 2.60. The van der Waals surface area contributed by atoms with E-state index in [1.165, 1.54) is 12.1 Å². The fourth-order valence-electron chi connectivity index (χ4n) is 2.36. The molecular weight excluding hydrogens is 345 g/mol. The summed E-state index contributed by atoms with van der Waals surface area (Å²) < 4.78 is 18.5. The SMILES string of the molecule is O=C(COC(=O)c1c(F)cccc1Cl)Nc1ccc2ccccc2c1. The Morgan fingerprint density at radius 2 is 1.76 bits per heavy atom. The molecule has 0 aliphatic carbocycles. The summed E-state index contributed by atoms with van der Waals surface area (Å²) >= 11 is 5.78. The topological polar surface area (TPSA) is 55.4 Å². The van der Waals surface area contributed by atoms with Crippen LogP contribution in [0.1, 0.15) is 10.4 Å². The molecule has 4 nitrogen and oxygen atoms in total. The molecular formula is C19H13ClFNO3. The lowest BCUT2D eigenvalue weighted by Crippen LogP contribution is -2.21. The second kappa shape index (κ2) is 7.32. The van der Waals surface area contributed by atoms with E-state index in [2.05, 4.69) is 5.32 Å². The maximum atomic E-state index is 13.6. The molecule has 0 atom stereocenters. The van der Waals surface area contributed by atoms with E-state index in [4.69, 9.17) is 16.3 Å².